The summed E-state index contributed by atoms with van der Waals surface area (Å²) < 4.78 is 22.3. The number of aromatic nitrogens is 1. The smallest absolute Gasteiger partial charge is 0.251 e. The highest BCUT2D eigenvalue weighted by molar-refractivity contribution is 6.07. The molecule has 0 spiro atoms. The Morgan fingerprint density at radius 1 is 0.906 bits per heavy atom. The molecule has 1 unspecified atom stereocenters. The van der Waals surface area contributed by atoms with Crippen LogP contribution in [0.5, 0.6) is 5.75 Å². The molecule has 1 amide bonds. The zero-order valence-corrected chi connectivity index (χ0v) is 30.8. The monoisotopic (exact) mass is 729 g/mol. The quantitative estimate of drug-likeness (QED) is 0.0362. The van der Waals surface area contributed by atoms with Crippen molar-refractivity contribution in [1.82, 2.24) is 15.6 Å². The summed E-state index contributed by atoms with van der Waals surface area (Å²) in [4.78, 5) is 32.2. The Labute approximate surface area is 313 Å². The second kappa shape index (κ2) is 23.1. The van der Waals surface area contributed by atoms with E-state index in [1.165, 1.54) is 0 Å². The Balaban J connectivity index is 1.18. The van der Waals surface area contributed by atoms with Crippen molar-refractivity contribution in [3.05, 3.63) is 89.7 Å². The molecule has 1 aliphatic rings. The van der Waals surface area contributed by atoms with Crippen molar-refractivity contribution in [3.8, 4) is 5.75 Å². The van der Waals surface area contributed by atoms with E-state index < -0.39 is 5.54 Å². The summed E-state index contributed by atoms with van der Waals surface area (Å²) >= 11 is 0. The number of aldehydes is 1. The number of nitrogens with zero attached hydrogens (tertiary/aromatic N) is 2. The summed E-state index contributed by atoms with van der Waals surface area (Å²) in [7, 11) is 0. The van der Waals surface area contributed by atoms with Crippen molar-refractivity contribution in [2.45, 2.75) is 63.5 Å². The van der Waals surface area contributed by atoms with E-state index in [4.69, 9.17) is 30.1 Å². The molecular formula is C40H55N7O6. The number of carbonyl (C=O) groups excluding carboxylic acids is 2. The largest absolute Gasteiger partial charge is 0.494 e. The number of anilines is 1. The van der Waals surface area contributed by atoms with Gasteiger partial charge >= 0.3 is 0 Å². The predicted molar refractivity (Wildman–Crippen MR) is 207 cm³/mol. The zero-order chi connectivity index (χ0) is 37.6. The van der Waals surface area contributed by atoms with Gasteiger partial charge in [0.05, 0.1) is 51.2 Å². The number of unbranched alkanes of at least 4 members (excludes halogenated alkanes) is 3. The molecule has 1 saturated heterocycles. The predicted octanol–water partition coefficient (Wildman–Crippen LogP) is 5.07. The van der Waals surface area contributed by atoms with Crippen LogP contribution in [0.15, 0.2) is 78.0 Å². The van der Waals surface area contributed by atoms with Crippen LogP contribution in [0.1, 0.15) is 79.4 Å². The number of nitrogens with one attached hydrogen (secondary N) is 4. The first-order valence-corrected chi connectivity index (χ1v) is 18.5. The normalized spacial score (nSPS) is 14.6. The third kappa shape index (κ3) is 14.3. The summed E-state index contributed by atoms with van der Waals surface area (Å²) in [5, 5.41) is 18.5. The van der Waals surface area contributed by atoms with Gasteiger partial charge in [-0.3, -0.25) is 15.2 Å². The van der Waals surface area contributed by atoms with Crippen LogP contribution in [0, 0.1) is 5.41 Å². The van der Waals surface area contributed by atoms with Crippen molar-refractivity contribution in [2.24, 2.45) is 10.7 Å². The van der Waals surface area contributed by atoms with Gasteiger partial charge in [0.1, 0.15) is 17.9 Å². The van der Waals surface area contributed by atoms with Gasteiger partial charge in [-0.1, -0.05) is 24.6 Å². The molecular weight excluding hydrogens is 674 g/mol. The number of pyridine rings is 1. The lowest BCUT2D eigenvalue weighted by Gasteiger charge is -2.38. The minimum absolute atomic E-state index is 0.0738. The van der Waals surface area contributed by atoms with Crippen LogP contribution in [-0.2, 0) is 19.0 Å². The number of aliphatic imine (C=N–C) groups is 1. The maximum Gasteiger partial charge on any atom is 0.251 e. The molecule has 3 aromatic rings. The molecule has 6 N–H and O–H groups in total. The molecule has 1 atom stereocenters. The first-order valence-electron chi connectivity index (χ1n) is 18.5. The van der Waals surface area contributed by atoms with E-state index in [0.717, 1.165) is 62.1 Å². The van der Waals surface area contributed by atoms with Gasteiger partial charge in [0.25, 0.3) is 5.91 Å². The number of hydrogen-bond donors (Lipinski definition) is 5. The summed E-state index contributed by atoms with van der Waals surface area (Å²) in [5.74, 6) is 0.989. The van der Waals surface area contributed by atoms with Gasteiger partial charge in [0.2, 0.25) is 0 Å². The SMILES string of the molecule is CC(NC(=O)c1cccc(NC2(C(N)=NC(=N)c3ccncc3)CCNCC2)c1)c1cccc(OCCCCCCOCCOCCOCCC=O)c1. The maximum absolute atomic E-state index is 13.4. The lowest BCUT2D eigenvalue weighted by molar-refractivity contribution is -0.108. The van der Waals surface area contributed by atoms with E-state index in [9.17, 15) is 9.59 Å². The number of amides is 1. The number of piperidine rings is 1. The van der Waals surface area contributed by atoms with E-state index >= 15 is 0 Å². The van der Waals surface area contributed by atoms with Gasteiger partial charge in [-0.2, -0.15) is 0 Å². The Hall–Kier alpha value is -4.69. The summed E-state index contributed by atoms with van der Waals surface area (Å²) in [6.07, 6.45) is 9.89. The molecule has 286 valence electrons. The highest BCUT2D eigenvalue weighted by atomic mass is 16.5. The van der Waals surface area contributed by atoms with Crippen LogP contribution < -0.4 is 26.4 Å². The average molecular weight is 730 g/mol. The molecule has 13 heteroatoms. The number of carbonyl (C=O) groups is 2. The molecule has 0 aliphatic carbocycles. The van der Waals surface area contributed by atoms with Gasteiger partial charge in [-0.15, -0.1) is 0 Å². The third-order valence-electron chi connectivity index (χ3n) is 8.92. The topological polar surface area (TPSA) is 182 Å². The third-order valence-corrected chi connectivity index (χ3v) is 8.92. The molecule has 13 nitrogen and oxygen atoms in total. The highest BCUT2D eigenvalue weighted by Crippen LogP contribution is 2.27. The zero-order valence-electron chi connectivity index (χ0n) is 30.8. The van der Waals surface area contributed by atoms with Crippen molar-refractivity contribution in [3.63, 3.8) is 0 Å². The first-order chi connectivity index (χ1) is 25.9. The van der Waals surface area contributed by atoms with Crippen LogP contribution in [-0.4, -0.2) is 93.7 Å². The summed E-state index contributed by atoms with van der Waals surface area (Å²) in [5.41, 5.74) is 8.78. The van der Waals surface area contributed by atoms with Gasteiger partial charge in [-0.25, -0.2) is 4.99 Å². The van der Waals surface area contributed by atoms with E-state index in [2.05, 4.69) is 25.9 Å². The summed E-state index contributed by atoms with van der Waals surface area (Å²) in [6, 6.07) is 18.4. The molecule has 2 aromatic carbocycles. The fourth-order valence-electron chi connectivity index (χ4n) is 5.88. The molecule has 1 aromatic heterocycles. The molecule has 0 bridgehead atoms. The van der Waals surface area contributed by atoms with Gasteiger partial charge in [0.15, 0.2) is 5.84 Å². The second-order valence-corrected chi connectivity index (χ2v) is 12.9. The van der Waals surface area contributed by atoms with Crippen LogP contribution in [0.2, 0.25) is 0 Å². The Bertz CT molecular complexity index is 1580. The van der Waals surface area contributed by atoms with Gasteiger partial charge in [0, 0.05) is 42.2 Å². The fourth-order valence-corrected chi connectivity index (χ4v) is 5.88. The minimum Gasteiger partial charge on any atom is -0.494 e. The minimum atomic E-state index is -0.672. The van der Waals surface area contributed by atoms with Crippen molar-refractivity contribution in [1.29, 1.82) is 5.41 Å². The number of ether oxygens (including phenoxy) is 4. The van der Waals surface area contributed by atoms with E-state index in [1.54, 1.807) is 30.6 Å². The molecule has 53 heavy (non-hydrogen) atoms. The fraction of sp³-hybridized carbons (Fsp3) is 0.475. The lowest BCUT2D eigenvalue weighted by Crippen LogP contribution is -2.56. The van der Waals surface area contributed by atoms with Crippen molar-refractivity contribution < 1.29 is 28.5 Å². The van der Waals surface area contributed by atoms with Gasteiger partial charge < -0.3 is 45.4 Å². The molecule has 2 heterocycles. The Morgan fingerprint density at radius 2 is 1.58 bits per heavy atom. The van der Waals surface area contributed by atoms with Crippen molar-refractivity contribution >= 4 is 29.6 Å². The molecule has 0 saturated carbocycles. The first kappa shape index (κ1) is 41.1. The van der Waals surface area contributed by atoms with Crippen molar-refractivity contribution in [2.75, 3.05) is 64.7 Å². The molecule has 0 radical (unpaired) electrons. The van der Waals surface area contributed by atoms with Crippen LogP contribution in [0.4, 0.5) is 5.69 Å². The van der Waals surface area contributed by atoms with E-state index in [-0.39, 0.29) is 17.8 Å². The van der Waals surface area contributed by atoms with Crippen LogP contribution >= 0.6 is 0 Å². The number of amidine groups is 2. The maximum atomic E-state index is 13.4. The van der Waals surface area contributed by atoms with Gasteiger partial charge in [-0.05, 0) is 100 Å². The average Bonchev–Trinajstić information content (AvgIpc) is 3.18. The molecule has 4 rings (SSSR count). The molecule has 1 fully saturated rings. The van der Waals surface area contributed by atoms with E-state index in [0.29, 0.717) is 82.5 Å². The van der Waals surface area contributed by atoms with Crippen LogP contribution in [0.25, 0.3) is 0 Å². The lowest BCUT2D eigenvalue weighted by atomic mass is 9.86. The number of hydrogen-bond acceptors (Lipinski definition) is 10. The van der Waals surface area contributed by atoms with Crippen LogP contribution in [0.3, 0.4) is 0 Å². The summed E-state index contributed by atoms with van der Waals surface area (Å²) in [6.45, 7) is 7.27. The Morgan fingerprint density at radius 3 is 2.32 bits per heavy atom. The second-order valence-electron chi connectivity index (χ2n) is 12.9. The number of benzene rings is 2. The Kier molecular flexibility index (Phi) is 17.9. The standard InChI is InChI=1S/C40H55N7O6/c1-31(33-9-7-12-36(30-33)53-24-5-3-2-4-22-50-25-27-52-28-26-51-23-8-21-48)45-38(49)34-10-6-11-35(29-34)47-40(15-19-44-20-16-40)39(42)46-37(41)32-13-17-43-18-14-32/h6-7,9-14,17-18,21,29-31,44,47H,2-5,8,15-16,19-20,22-28H2,1H3,(H,45,49)(H3,41,42,46). The molecule has 1 aliphatic heterocycles. The van der Waals surface area contributed by atoms with E-state index in [1.807, 2.05) is 49.4 Å². The number of rotatable bonds is 24. The number of nitrogens with two attached hydrogens (primary N) is 1. The highest BCUT2D eigenvalue weighted by Gasteiger charge is 2.36.